The minimum absolute atomic E-state index is 0. The first kappa shape index (κ1) is 5.68. The smallest absolute Gasteiger partial charge is 0.0566 e. The highest BCUT2D eigenvalue weighted by Gasteiger charge is 2.08. The quantitative estimate of drug-likeness (QED) is 0.561. The van der Waals surface area contributed by atoms with Crippen LogP contribution in [0.2, 0.25) is 0 Å². The summed E-state index contributed by atoms with van der Waals surface area (Å²) in [6.45, 7) is 2.86. The van der Waals surface area contributed by atoms with Crippen molar-refractivity contribution >= 4 is 5.69 Å². The zero-order valence-electron chi connectivity index (χ0n) is 5.81. The van der Waals surface area contributed by atoms with E-state index in [2.05, 4.69) is 15.8 Å². The Hall–Kier alpha value is -1.09. The van der Waals surface area contributed by atoms with Crippen LogP contribution in [0.1, 0.15) is 12.7 Å². The maximum atomic E-state index is 4.17. The van der Waals surface area contributed by atoms with Crippen LogP contribution < -0.4 is 10.9 Å². The molecule has 3 heteroatoms. The van der Waals surface area contributed by atoms with Gasteiger partial charge in [0.05, 0.1) is 5.69 Å². The standard InChI is InChI=1S/C7H9N3.H2/c1-5-2-7-6(3-8-5)4-9-10-7;/h2-3,9-10H,4H2,1H3;1H. The predicted molar refractivity (Wildman–Crippen MR) is 41.6 cm³/mol. The Bertz CT molecular complexity index is 262. The number of fused-ring (bicyclic) bond motifs is 1. The van der Waals surface area contributed by atoms with E-state index in [0.29, 0.717) is 0 Å². The van der Waals surface area contributed by atoms with Crippen LogP contribution in [0.4, 0.5) is 5.69 Å². The third kappa shape index (κ3) is 0.752. The van der Waals surface area contributed by atoms with Crippen molar-refractivity contribution in [2.24, 2.45) is 0 Å². The third-order valence-corrected chi connectivity index (χ3v) is 1.63. The minimum Gasteiger partial charge on any atom is -0.321 e. The fourth-order valence-electron chi connectivity index (χ4n) is 1.08. The summed E-state index contributed by atoms with van der Waals surface area (Å²) in [5.41, 5.74) is 9.53. The summed E-state index contributed by atoms with van der Waals surface area (Å²) in [4.78, 5) is 4.17. The van der Waals surface area contributed by atoms with Gasteiger partial charge in [-0.2, -0.15) is 0 Å². The first-order chi connectivity index (χ1) is 4.86. The van der Waals surface area contributed by atoms with Crippen LogP contribution in [0.25, 0.3) is 0 Å². The number of nitrogens with zero attached hydrogens (tertiary/aromatic N) is 1. The van der Waals surface area contributed by atoms with E-state index in [1.165, 1.54) is 5.56 Å². The minimum atomic E-state index is 0. The summed E-state index contributed by atoms with van der Waals surface area (Å²) >= 11 is 0. The van der Waals surface area contributed by atoms with Crippen molar-refractivity contribution in [3.8, 4) is 0 Å². The summed E-state index contributed by atoms with van der Waals surface area (Å²) in [6.07, 6.45) is 1.90. The fourth-order valence-corrected chi connectivity index (χ4v) is 1.08. The lowest BCUT2D eigenvalue weighted by Crippen LogP contribution is -2.10. The van der Waals surface area contributed by atoms with Gasteiger partial charge in [0.1, 0.15) is 0 Å². The van der Waals surface area contributed by atoms with Crippen LogP contribution >= 0.6 is 0 Å². The number of anilines is 1. The number of rotatable bonds is 0. The van der Waals surface area contributed by atoms with Crippen molar-refractivity contribution in [1.82, 2.24) is 10.4 Å². The van der Waals surface area contributed by atoms with Crippen LogP contribution in [-0.4, -0.2) is 4.98 Å². The Kier molecular flexibility index (Phi) is 1.11. The molecule has 0 saturated carbocycles. The van der Waals surface area contributed by atoms with Crippen molar-refractivity contribution < 1.29 is 1.43 Å². The summed E-state index contributed by atoms with van der Waals surface area (Å²) < 4.78 is 0. The highest BCUT2D eigenvalue weighted by atomic mass is 15.4. The molecular formula is C7H11N3. The van der Waals surface area contributed by atoms with E-state index in [1.807, 2.05) is 19.2 Å². The topological polar surface area (TPSA) is 37.0 Å². The van der Waals surface area contributed by atoms with Crippen LogP contribution in [0.15, 0.2) is 12.3 Å². The number of hydrazine groups is 1. The molecule has 0 bridgehead atoms. The van der Waals surface area contributed by atoms with Gasteiger partial charge in [-0.15, -0.1) is 0 Å². The average molecular weight is 137 g/mol. The summed E-state index contributed by atoms with van der Waals surface area (Å²) in [5, 5.41) is 0. The lowest BCUT2D eigenvalue weighted by atomic mass is 10.2. The van der Waals surface area contributed by atoms with Crippen molar-refractivity contribution in [3.63, 3.8) is 0 Å². The molecule has 0 aromatic carbocycles. The van der Waals surface area contributed by atoms with E-state index in [1.54, 1.807) is 0 Å². The van der Waals surface area contributed by atoms with Gasteiger partial charge < -0.3 is 5.43 Å². The molecule has 0 unspecified atom stereocenters. The predicted octanol–water partition coefficient (Wildman–Crippen LogP) is 1.07. The van der Waals surface area contributed by atoms with E-state index in [9.17, 15) is 0 Å². The number of aromatic nitrogens is 1. The van der Waals surface area contributed by atoms with Gasteiger partial charge >= 0.3 is 0 Å². The first-order valence-electron chi connectivity index (χ1n) is 3.30. The summed E-state index contributed by atoms with van der Waals surface area (Å²) in [6, 6.07) is 2.04. The molecule has 1 aromatic heterocycles. The molecule has 0 radical (unpaired) electrons. The van der Waals surface area contributed by atoms with Gasteiger partial charge in [0, 0.05) is 25.4 Å². The molecule has 3 nitrogen and oxygen atoms in total. The van der Waals surface area contributed by atoms with Crippen LogP contribution in [0.5, 0.6) is 0 Å². The Labute approximate surface area is 60.9 Å². The molecule has 0 fully saturated rings. The molecule has 0 amide bonds. The maximum Gasteiger partial charge on any atom is 0.0566 e. The van der Waals surface area contributed by atoms with E-state index in [4.69, 9.17) is 0 Å². The highest BCUT2D eigenvalue weighted by Crippen LogP contribution is 2.18. The van der Waals surface area contributed by atoms with Gasteiger partial charge in [0.15, 0.2) is 0 Å². The molecule has 2 rings (SSSR count). The van der Waals surface area contributed by atoms with Gasteiger partial charge in [-0.3, -0.25) is 4.98 Å². The molecular weight excluding hydrogens is 126 g/mol. The molecule has 1 aliphatic rings. The number of nitrogens with one attached hydrogen (secondary N) is 2. The van der Waals surface area contributed by atoms with E-state index >= 15 is 0 Å². The zero-order chi connectivity index (χ0) is 6.97. The summed E-state index contributed by atoms with van der Waals surface area (Å²) in [5.74, 6) is 0. The molecule has 0 saturated heterocycles. The molecule has 54 valence electrons. The zero-order valence-corrected chi connectivity index (χ0v) is 5.81. The van der Waals surface area contributed by atoms with E-state index < -0.39 is 0 Å². The van der Waals surface area contributed by atoms with E-state index in [0.717, 1.165) is 17.9 Å². The van der Waals surface area contributed by atoms with Gasteiger partial charge in [-0.1, -0.05) is 0 Å². The Morgan fingerprint density at radius 2 is 2.60 bits per heavy atom. The third-order valence-electron chi connectivity index (χ3n) is 1.63. The van der Waals surface area contributed by atoms with Crippen molar-refractivity contribution in [2.45, 2.75) is 13.5 Å². The van der Waals surface area contributed by atoms with Gasteiger partial charge in [-0.25, -0.2) is 5.43 Å². The molecule has 0 spiro atoms. The Morgan fingerprint density at radius 1 is 1.70 bits per heavy atom. The monoisotopic (exact) mass is 137 g/mol. The highest BCUT2D eigenvalue weighted by molar-refractivity contribution is 5.53. The second-order valence-electron chi connectivity index (χ2n) is 2.46. The largest absolute Gasteiger partial charge is 0.321 e. The van der Waals surface area contributed by atoms with Gasteiger partial charge in [0.2, 0.25) is 0 Å². The number of hydrogen-bond donors (Lipinski definition) is 2. The molecule has 1 aromatic rings. The average Bonchev–Trinajstić information content (AvgIpc) is 2.33. The fraction of sp³-hybridized carbons (Fsp3) is 0.286. The Balaban J connectivity index is 0.000000605. The van der Waals surface area contributed by atoms with Gasteiger partial charge in [0.25, 0.3) is 0 Å². The molecule has 0 aliphatic carbocycles. The van der Waals surface area contributed by atoms with Crippen LogP contribution in [-0.2, 0) is 6.54 Å². The molecule has 2 heterocycles. The number of hydrogen-bond acceptors (Lipinski definition) is 3. The molecule has 1 aliphatic heterocycles. The van der Waals surface area contributed by atoms with E-state index in [-0.39, 0.29) is 1.43 Å². The van der Waals surface area contributed by atoms with Crippen molar-refractivity contribution in [1.29, 1.82) is 0 Å². The number of aryl methyl sites for hydroxylation is 1. The second-order valence-corrected chi connectivity index (χ2v) is 2.46. The Morgan fingerprint density at radius 3 is 3.50 bits per heavy atom. The molecule has 10 heavy (non-hydrogen) atoms. The van der Waals surface area contributed by atoms with Gasteiger partial charge in [-0.05, 0) is 13.0 Å². The summed E-state index contributed by atoms with van der Waals surface area (Å²) in [7, 11) is 0. The lowest BCUT2D eigenvalue weighted by Gasteiger charge is -1.97. The van der Waals surface area contributed by atoms with Crippen molar-refractivity contribution in [3.05, 3.63) is 23.5 Å². The van der Waals surface area contributed by atoms with Crippen LogP contribution in [0.3, 0.4) is 0 Å². The first-order valence-corrected chi connectivity index (χ1v) is 3.30. The molecule has 0 atom stereocenters. The lowest BCUT2D eigenvalue weighted by molar-refractivity contribution is 0.857. The SMILES string of the molecule is Cc1cc2c(cn1)CNN2.[HH]. The number of pyridine rings is 1. The van der Waals surface area contributed by atoms with Crippen LogP contribution in [0, 0.1) is 6.92 Å². The molecule has 2 N–H and O–H groups in total. The maximum absolute atomic E-state index is 4.17. The second kappa shape index (κ2) is 1.95. The normalized spacial score (nSPS) is 14.5. The van der Waals surface area contributed by atoms with Crippen molar-refractivity contribution in [2.75, 3.05) is 5.43 Å².